The molecule has 0 atom stereocenters. The molecule has 6 nitrogen and oxygen atoms in total. The van der Waals surface area contributed by atoms with E-state index in [-0.39, 0.29) is 17.8 Å². The smallest absolute Gasteiger partial charge is 0.270 e. The van der Waals surface area contributed by atoms with Crippen LogP contribution in [0.25, 0.3) is 0 Å². The Kier molecular flexibility index (Phi) is 4.27. The highest BCUT2D eigenvalue weighted by Crippen LogP contribution is 2.23. The number of rotatable bonds is 4. The molecule has 0 saturated heterocycles. The Balaban J connectivity index is 3.19. The molecule has 0 radical (unpaired) electrons. The summed E-state index contributed by atoms with van der Waals surface area (Å²) in [6, 6.07) is 4.12. The molecule has 0 fully saturated rings. The van der Waals surface area contributed by atoms with Crippen LogP contribution in [0.2, 0.25) is 0 Å². The van der Waals surface area contributed by atoms with Crippen LogP contribution in [0.15, 0.2) is 18.2 Å². The van der Waals surface area contributed by atoms with Crippen LogP contribution in [0.5, 0.6) is 0 Å². The van der Waals surface area contributed by atoms with Gasteiger partial charge in [-0.25, -0.2) is 0 Å². The number of hydrogen-bond donors (Lipinski definition) is 1. The Labute approximate surface area is 105 Å². The maximum Gasteiger partial charge on any atom is 0.270 e. The molecular weight excluding hydrogens is 234 g/mol. The lowest BCUT2D eigenvalue weighted by atomic mass is 10.1. The van der Waals surface area contributed by atoms with E-state index in [0.717, 1.165) is 0 Å². The molecule has 1 rings (SSSR count). The van der Waals surface area contributed by atoms with E-state index in [2.05, 4.69) is 11.2 Å². The van der Waals surface area contributed by atoms with Gasteiger partial charge in [-0.1, -0.05) is 5.92 Å². The van der Waals surface area contributed by atoms with Gasteiger partial charge in [0.2, 0.25) is 0 Å². The molecule has 0 aliphatic rings. The Hall–Kier alpha value is -2.55. The highest BCUT2D eigenvalue weighted by atomic mass is 16.6. The predicted molar refractivity (Wildman–Crippen MR) is 68.6 cm³/mol. The third kappa shape index (κ3) is 2.98. The fraction of sp³-hybridized carbons (Fsp3) is 0.250. The van der Waals surface area contributed by atoms with Crippen molar-refractivity contribution in [3.8, 4) is 12.3 Å². The molecule has 0 spiro atoms. The molecule has 0 aromatic heterocycles. The summed E-state index contributed by atoms with van der Waals surface area (Å²) in [5.41, 5.74) is 0.686. The number of nitro benzene ring substituents is 1. The largest absolute Gasteiger partial charge is 0.377 e. The van der Waals surface area contributed by atoms with E-state index in [9.17, 15) is 14.9 Å². The fourth-order valence-electron chi connectivity index (χ4n) is 1.44. The molecular formula is C12H13N3O3. The summed E-state index contributed by atoms with van der Waals surface area (Å²) < 4.78 is 0. The minimum absolute atomic E-state index is 0.0778. The zero-order chi connectivity index (χ0) is 13.7. The standard InChI is InChI=1S/C12H13N3O3/c1-4-7-13-12(16)10-8-9(15(17)18)5-6-11(10)14(2)3/h1,5-6,8H,7H2,2-3H3,(H,13,16). The van der Waals surface area contributed by atoms with Gasteiger partial charge >= 0.3 is 0 Å². The molecule has 1 N–H and O–H groups in total. The summed E-state index contributed by atoms with van der Waals surface area (Å²) in [5, 5.41) is 13.2. The van der Waals surface area contributed by atoms with Crippen molar-refractivity contribution in [1.29, 1.82) is 0 Å². The number of amides is 1. The van der Waals surface area contributed by atoms with Crippen LogP contribution in [-0.2, 0) is 0 Å². The molecule has 0 aliphatic carbocycles. The maximum absolute atomic E-state index is 11.8. The van der Waals surface area contributed by atoms with Crippen LogP contribution >= 0.6 is 0 Å². The SMILES string of the molecule is C#CCNC(=O)c1cc([N+](=O)[O-])ccc1N(C)C. The fourth-order valence-corrected chi connectivity index (χ4v) is 1.44. The van der Waals surface area contributed by atoms with Crippen LogP contribution in [-0.4, -0.2) is 31.5 Å². The molecule has 6 heteroatoms. The maximum atomic E-state index is 11.8. The Morgan fingerprint density at radius 3 is 2.72 bits per heavy atom. The van der Waals surface area contributed by atoms with Gasteiger partial charge in [0, 0.05) is 31.9 Å². The second-order valence-electron chi connectivity index (χ2n) is 3.74. The Morgan fingerprint density at radius 2 is 2.22 bits per heavy atom. The molecule has 0 saturated carbocycles. The molecule has 0 bridgehead atoms. The van der Waals surface area contributed by atoms with Gasteiger partial charge in [0.1, 0.15) is 0 Å². The van der Waals surface area contributed by atoms with E-state index in [1.165, 1.54) is 18.2 Å². The highest BCUT2D eigenvalue weighted by molar-refractivity contribution is 6.00. The number of carbonyl (C=O) groups is 1. The number of nitro groups is 1. The van der Waals surface area contributed by atoms with Gasteiger partial charge in [-0.3, -0.25) is 14.9 Å². The molecule has 0 unspecified atom stereocenters. The molecule has 1 amide bonds. The number of benzene rings is 1. The number of nitrogens with one attached hydrogen (secondary N) is 1. The van der Waals surface area contributed by atoms with Crippen molar-refractivity contribution in [3.05, 3.63) is 33.9 Å². The van der Waals surface area contributed by atoms with Crippen molar-refractivity contribution in [1.82, 2.24) is 5.32 Å². The van der Waals surface area contributed by atoms with E-state index in [1.54, 1.807) is 19.0 Å². The third-order valence-electron chi connectivity index (χ3n) is 2.27. The molecule has 1 aromatic rings. The summed E-state index contributed by atoms with van der Waals surface area (Å²) >= 11 is 0. The van der Waals surface area contributed by atoms with Gasteiger partial charge < -0.3 is 10.2 Å². The van der Waals surface area contributed by atoms with Crippen molar-refractivity contribution >= 4 is 17.3 Å². The quantitative estimate of drug-likeness (QED) is 0.489. The second-order valence-corrected chi connectivity index (χ2v) is 3.74. The molecule has 94 valence electrons. The number of carbonyl (C=O) groups excluding carboxylic acids is 1. The van der Waals surface area contributed by atoms with E-state index in [1.807, 2.05) is 0 Å². The van der Waals surface area contributed by atoms with E-state index >= 15 is 0 Å². The zero-order valence-corrected chi connectivity index (χ0v) is 10.1. The number of terminal acetylenes is 1. The molecule has 18 heavy (non-hydrogen) atoms. The van der Waals surface area contributed by atoms with Crippen LogP contribution in [0, 0.1) is 22.5 Å². The molecule has 1 aromatic carbocycles. The van der Waals surface area contributed by atoms with Crippen LogP contribution < -0.4 is 10.2 Å². The first kappa shape index (κ1) is 13.5. The van der Waals surface area contributed by atoms with Crippen molar-refractivity contribution < 1.29 is 9.72 Å². The monoisotopic (exact) mass is 247 g/mol. The van der Waals surface area contributed by atoms with Crippen LogP contribution in [0.1, 0.15) is 10.4 Å². The number of nitrogens with zero attached hydrogens (tertiary/aromatic N) is 2. The minimum atomic E-state index is -0.544. The average molecular weight is 247 g/mol. The van der Waals surface area contributed by atoms with Gasteiger partial charge in [-0.15, -0.1) is 6.42 Å². The summed E-state index contributed by atoms with van der Waals surface area (Å²) in [7, 11) is 3.50. The van der Waals surface area contributed by atoms with E-state index in [0.29, 0.717) is 5.69 Å². The van der Waals surface area contributed by atoms with Crippen molar-refractivity contribution in [2.75, 3.05) is 25.5 Å². The highest BCUT2D eigenvalue weighted by Gasteiger charge is 2.17. The van der Waals surface area contributed by atoms with Crippen LogP contribution in [0.3, 0.4) is 0 Å². The molecule has 0 aliphatic heterocycles. The van der Waals surface area contributed by atoms with Gasteiger partial charge in [0.05, 0.1) is 17.0 Å². The summed E-state index contributed by atoms with van der Waals surface area (Å²) in [6.45, 7) is 0.0778. The lowest BCUT2D eigenvalue weighted by Gasteiger charge is -2.16. The minimum Gasteiger partial charge on any atom is -0.377 e. The van der Waals surface area contributed by atoms with Gasteiger partial charge in [0.25, 0.3) is 11.6 Å². The first-order valence-electron chi connectivity index (χ1n) is 5.14. The Morgan fingerprint density at radius 1 is 1.56 bits per heavy atom. The van der Waals surface area contributed by atoms with Crippen LogP contribution in [0.4, 0.5) is 11.4 Å². The second kappa shape index (κ2) is 5.68. The van der Waals surface area contributed by atoms with Gasteiger partial charge in [-0.2, -0.15) is 0 Å². The third-order valence-corrected chi connectivity index (χ3v) is 2.27. The van der Waals surface area contributed by atoms with Gasteiger partial charge in [-0.05, 0) is 6.07 Å². The topological polar surface area (TPSA) is 75.5 Å². The lowest BCUT2D eigenvalue weighted by Crippen LogP contribution is -2.26. The average Bonchev–Trinajstić information content (AvgIpc) is 2.34. The van der Waals surface area contributed by atoms with Crippen molar-refractivity contribution in [2.45, 2.75) is 0 Å². The van der Waals surface area contributed by atoms with E-state index in [4.69, 9.17) is 6.42 Å². The predicted octanol–water partition coefficient (Wildman–Crippen LogP) is 1.02. The number of anilines is 1. The van der Waals surface area contributed by atoms with Crippen molar-refractivity contribution in [3.63, 3.8) is 0 Å². The summed E-state index contributed by atoms with van der Waals surface area (Å²) in [5.74, 6) is 1.84. The Bertz CT molecular complexity index is 518. The number of hydrogen-bond acceptors (Lipinski definition) is 4. The van der Waals surface area contributed by atoms with Crippen molar-refractivity contribution in [2.24, 2.45) is 0 Å². The lowest BCUT2D eigenvalue weighted by molar-refractivity contribution is -0.384. The summed E-state index contributed by atoms with van der Waals surface area (Å²) in [4.78, 5) is 23.7. The van der Waals surface area contributed by atoms with Gasteiger partial charge in [0.15, 0.2) is 0 Å². The number of non-ortho nitro benzene ring substituents is 1. The zero-order valence-electron chi connectivity index (χ0n) is 10.1. The first-order chi connectivity index (χ1) is 8.47. The first-order valence-corrected chi connectivity index (χ1v) is 5.14. The summed E-state index contributed by atoms with van der Waals surface area (Å²) in [6.07, 6.45) is 5.05. The van der Waals surface area contributed by atoms with E-state index < -0.39 is 10.8 Å². The molecule has 0 heterocycles. The normalized spacial score (nSPS) is 9.39.